The molecule has 0 fully saturated rings. The Morgan fingerprint density at radius 2 is 0.903 bits per heavy atom. The van der Waals surface area contributed by atoms with E-state index in [9.17, 15) is 16.8 Å². The molecule has 0 radical (unpaired) electrons. The predicted molar refractivity (Wildman–Crippen MR) is 118 cm³/mol. The molecule has 0 unspecified atom stereocenters. The highest BCUT2D eigenvalue weighted by atomic mass is 32.3. The molecule has 0 heterocycles. The molecule has 0 spiro atoms. The van der Waals surface area contributed by atoms with Crippen LogP contribution in [0.3, 0.4) is 0 Å². The molecular formula is C20H23NO8S2. The van der Waals surface area contributed by atoms with Gasteiger partial charge in [0.25, 0.3) is 0 Å². The first-order valence-corrected chi connectivity index (χ1v) is 11.8. The maximum Gasteiger partial charge on any atom is 0.246 e. The van der Waals surface area contributed by atoms with Crippen LogP contribution in [0.2, 0.25) is 0 Å². The second-order valence-corrected chi connectivity index (χ2v) is 9.32. The van der Waals surface area contributed by atoms with Crippen LogP contribution in [-0.2, 0) is 20.0 Å². The first-order chi connectivity index (χ1) is 14.7. The van der Waals surface area contributed by atoms with Crippen molar-refractivity contribution in [2.45, 2.75) is 0 Å². The van der Waals surface area contributed by atoms with Crippen molar-refractivity contribution in [1.29, 1.82) is 0 Å². The van der Waals surface area contributed by atoms with Gasteiger partial charge < -0.3 is 18.9 Å². The molecule has 0 atom stereocenters. The van der Waals surface area contributed by atoms with Crippen molar-refractivity contribution in [3.8, 4) is 23.0 Å². The third-order valence-electron chi connectivity index (χ3n) is 3.99. The summed E-state index contributed by atoms with van der Waals surface area (Å²) in [6, 6.07) is 9.79. The number of ether oxygens (including phenoxy) is 4. The van der Waals surface area contributed by atoms with Crippen LogP contribution >= 0.6 is 0 Å². The van der Waals surface area contributed by atoms with Crippen molar-refractivity contribution in [3.05, 3.63) is 58.3 Å². The molecule has 168 valence electrons. The average Bonchev–Trinajstić information content (AvgIpc) is 2.74. The Morgan fingerprint density at radius 1 is 0.613 bits per heavy atom. The summed E-state index contributed by atoms with van der Waals surface area (Å²) in [4.78, 5) is 0. The van der Waals surface area contributed by atoms with Gasteiger partial charge in [0.1, 0.15) is 23.0 Å². The highest BCUT2D eigenvalue weighted by molar-refractivity contribution is 8.07. The molecule has 31 heavy (non-hydrogen) atoms. The van der Waals surface area contributed by atoms with E-state index in [1.807, 2.05) is 0 Å². The monoisotopic (exact) mass is 469 g/mol. The van der Waals surface area contributed by atoms with Crippen molar-refractivity contribution in [1.82, 2.24) is 4.13 Å². The molecule has 0 aromatic heterocycles. The topological polar surface area (TPSA) is 117 Å². The number of rotatable bonds is 10. The number of hydrogen-bond acceptors (Lipinski definition) is 8. The van der Waals surface area contributed by atoms with E-state index in [2.05, 4.69) is 0 Å². The van der Waals surface area contributed by atoms with Gasteiger partial charge in [-0.25, -0.2) is 16.8 Å². The standard InChI is InChI=1S/C20H23NO8S2/c1-26-17-7-5-8-18(27-2)15(17)11-13-30(22,23)21-31(24,25)14-12-16-19(28-3)9-6-10-20(16)29-4/h5-14,21H,1-4H3/b13-11-,14-12+. The van der Waals surface area contributed by atoms with Crippen molar-refractivity contribution in [2.75, 3.05) is 28.4 Å². The molecule has 0 aliphatic carbocycles. The van der Waals surface area contributed by atoms with E-state index in [0.29, 0.717) is 44.9 Å². The summed E-state index contributed by atoms with van der Waals surface area (Å²) in [5.74, 6) is 1.43. The van der Waals surface area contributed by atoms with Crippen molar-refractivity contribution < 1.29 is 35.8 Å². The van der Waals surface area contributed by atoms with Gasteiger partial charge in [0, 0.05) is 10.8 Å². The van der Waals surface area contributed by atoms with E-state index in [4.69, 9.17) is 18.9 Å². The zero-order valence-electron chi connectivity index (χ0n) is 17.4. The minimum absolute atomic E-state index is 0.338. The molecule has 11 heteroatoms. The van der Waals surface area contributed by atoms with Crippen LogP contribution in [0.5, 0.6) is 23.0 Å². The highest BCUT2D eigenvalue weighted by Crippen LogP contribution is 2.30. The van der Waals surface area contributed by atoms with Crippen LogP contribution in [0.4, 0.5) is 0 Å². The Hall–Kier alpha value is -3.02. The van der Waals surface area contributed by atoms with Gasteiger partial charge in [0.15, 0.2) is 0 Å². The van der Waals surface area contributed by atoms with Gasteiger partial charge in [-0.2, -0.15) is 0 Å². The molecular weight excluding hydrogens is 446 g/mol. The fraction of sp³-hybridized carbons (Fsp3) is 0.200. The fourth-order valence-corrected chi connectivity index (χ4v) is 4.99. The summed E-state index contributed by atoms with van der Waals surface area (Å²) in [7, 11) is -3.07. The maximum atomic E-state index is 12.3. The lowest BCUT2D eigenvalue weighted by Crippen LogP contribution is -2.27. The van der Waals surface area contributed by atoms with Crippen LogP contribution in [0.1, 0.15) is 11.1 Å². The van der Waals surface area contributed by atoms with Gasteiger partial charge >= 0.3 is 0 Å². The Kier molecular flexibility index (Phi) is 8.08. The van der Waals surface area contributed by atoms with E-state index in [1.165, 1.54) is 40.6 Å². The summed E-state index contributed by atoms with van der Waals surface area (Å²) < 4.78 is 71.7. The maximum absolute atomic E-state index is 12.3. The van der Waals surface area contributed by atoms with E-state index >= 15 is 0 Å². The molecule has 1 N–H and O–H groups in total. The van der Waals surface area contributed by atoms with Gasteiger partial charge in [0.05, 0.1) is 39.6 Å². The van der Waals surface area contributed by atoms with Gasteiger partial charge in [-0.15, -0.1) is 4.13 Å². The fourth-order valence-electron chi connectivity index (χ4n) is 2.62. The molecule has 9 nitrogen and oxygen atoms in total. The Bertz CT molecular complexity index is 1050. The van der Waals surface area contributed by atoms with Crippen molar-refractivity contribution in [3.63, 3.8) is 0 Å². The molecule has 0 bridgehead atoms. The van der Waals surface area contributed by atoms with Crippen LogP contribution < -0.4 is 23.1 Å². The van der Waals surface area contributed by atoms with E-state index in [1.54, 1.807) is 40.5 Å². The third-order valence-corrected chi connectivity index (χ3v) is 6.84. The first-order valence-electron chi connectivity index (χ1n) is 8.73. The lowest BCUT2D eigenvalue weighted by Gasteiger charge is -2.10. The number of benzene rings is 2. The number of nitrogens with one attached hydrogen (secondary N) is 1. The first kappa shape index (κ1) is 24.3. The molecule has 0 saturated heterocycles. The zero-order chi connectivity index (χ0) is 23.1. The molecule has 0 aliphatic rings. The molecule has 2 aromatic carbocycles. The number of sulfonamides is 2. The zero-order valence-corrected chi connectivity index (χ0v) is 19.0. The van der Waals surface area contributed by atoms with Crippen molar-refractivity contribution in [2.24, 2.45) is 0 Å². The lowest BCUT2D eigenvalue weighted by molar-refractivity contribution is 0.392. The second kappa shape index (κ2) is 10.3. The second-order valence-electron chi connectivity index (χ2n) is 5.93. The van der Waals surface area contributed by atoms with Crippen LogP contribution in [0, 0.1) is 0 Å². The Balaban J connectivity index is 2.30. The third kappa shape index (κ3) is 6.48. The van der Waals surface area contributed by atoms with Gasteiger partial charge in [-0.1, -0.05) is 12.1 Å². The summed E-state index contributed by atoms with van der Waals surface area (Å²) in [5.41, 5.74) is 0.675. The largest absolute Gasteiger partial charge is 0.496 e. The van der Waals surface area contributed by atoms with Crippen LogP contribution in [0.25, 0.3) is 12.2 Å². The van der Waals surface area contributed by atoms with E-state index in [0.717, 1.165) is 0 Å². The van der Waals surface area contributed by atoms with Crippen molar-refractivity contribution >= 4 is 32.2 Å². The molecule has 2 aromatic rings. The average molecular weight is 470 g/mol. The number of hydrogen-bond donors (Lipinski definition) is 1. The van der Waals surface area contributed by atoms with E-state index < -0.39 is 20.0 Å². The molecule has 0 saturated carbocycles. The summed E-state index contributed by atoms with van der Waals surface area (Å²) in [6.07, 6.45) is 2.37. The minimum Gasteiger partial charge on any atom is -0.496 e. The lowest BCUT2D eigenvalue weighted by atomic mass is 10.2. The Labute approximate surface area is 182 Å². The quantitative estimate of drug-likeness (QED) is 0.564. The summed E-state index contributed by atoms with van der Waals surface area (Å²) in [6.45, 7) is 0. The molecule has 0 amide bonds. The summed E-state index contributed by atoms with van der Waals surface area (Å²) in [5, 5.41) is 1.42. The summed E-state index contributed by atoms with van der Waals surface area (Å²) >= 11 is 0. The predicted octanol–water partition coefficient (Wildman–Crippen LogP) is 2.61. The van der Waals surface area contributed by atoms with Gasteiger partial charge in [0.2, 0.25) is 20.0 Å². The molecule has 0 aliphatic heterocycles. The smallest absolute Gasteiger partial charge is 0.246 e. The van der Waals surface area contributed by atoms with Gasteiger partial charge in [-0.05, 0) is 36.4 Å². The normalized spacial score (nSPS) is 12.3. The van der Waals surface area contributed by atoms with Crippen LogP contribution in [0.15, 0.2) is 47.2 Å². The minimum atomic E-state index is -4.37. The van der Waals surface area contributed by atoms with E-state index in [-0.39, 0.29) is 0 Å². The molecule has 2 rings (SSSR count). The Morgan fingerprint density at radius 3 is 1.16 bits per heavy atom. The SMILES string of the molecule is COc1cccc(OC)c1/C=C\S(=O)(=O)NS(=O)(=O)/C=C/c1c(OC)cccc1OC. The number of methoxy groups -OCH3 is 4. The highest BCUT2D eigenvalue weighted by Gasteiger charge is 2.17. The van der Waals surface area contributed by atoms with Gasteiger partial charge in [-0.3, -0.25) is 0 Å². The van der Waals surface area contributed by atoms with Crippen LogP contribution in [-0.4, -0.2) is 45.3 Å².